The molecule has 0 aromatic heterocycles. The van der Waals surface area contributed by atoms with Crippen LogP contribution in [0.25, 0.3) is 0 Å². The number of carboxylic acid groups (broad SMARTS) is 1. The quantitative estimate of drug-likeness (QED) is 0.510. The van der Waals surface area contributed by atoms with Crippen molar-refractivity contribution in [2.24, 2.45) is 0 Å². The van der Waals surface area contributed by atoms with Crippen molar-refractivity contribution in [3.63, 3.8) is 0 Å². The summed E-state index contributed by atoms with van der Waals surface area (Å²) < 4.78 is 14.7. The zero-order valence-electron chi connectivity index (χ0n) is 17.3. The number of amides is 1. The first kappa shape index (κ1) is 21.8. The Bertz CT molecular complexity index is 1190. The van der Waals surface area contributed by atoms with Gasteiger partial charge in [-0.15, -0.1) is 11.8 Å². The number of benzene rings is 3. The van der Waals surface area contributed by atoms with Gasteiger partial charge in [0, 0.05) is 5.71 Å². The van der Waals surface area contributed by atoms with Crippen LogP contribution >= 0.6 is 11.8 Å². The Hall–Kier alpha value is -3.45. The molecule has 162 valence electrons. The largest absolute Gasteiger partial charge is 0.478 e. The Labute approximate surface area is 189 Å². The fourth-order valence-electron chi connectivity index (χ4n) is 3.64. The highest BCUT2D eigenvalue weighted by Gasteiger charge is 2.35. The van der Waals surface area contributed by atoms with Gasteiger partial charge in [0.15, 0.2) is 0 Å². The summed E-state index contributed by atoms with van der Waals surface area (Å²) in [5, 5.41) is 16.3. The topological polar surface area (TPSA) is 81.5 Å². The third kappa shape index (κ3) is 4.43. The first-order valence-electron chi connectivity index (χ1n) is 10.1. The fourth-order valence-corrected chi connectivity index (χ4v) is 4.91. The van der Waals surface area contributed by atoms with E-state index in [0.717, 1.165) is 16.7 Å². The van der Waals surface area contributed by atoms with Crippen LogP contribution in [0.2, 0.25) is 0 Å². The zero-order chi connectivity index (χ0) is 22.8. The fraction of sp³-hybridized carbons (Fsp3) is 0.160. The molecular formula is C25H21FN2O3S. The summed E-state index contributed by atoms with van der Waals surface area (Å²) in [5.74, 6) is -1.50. The molecule has 0 spiro atoms. The predicted molar refractivity (Wildman–Crippen MR) is 123 cm³/mol. The van der Waals surface area contributed by atoms with Gasteiger partial charge >= 0.3 is 5.97 Å². The normalized spacial score (nSPS) is 15.4. The molecule has 1 aliphatic rings. The highest BCUT2D eigenvalue weighted by molar-refractivity contribution is 8.01. The first-order valence-corrected chi connectivity index (χ1v) is 10.9. The summed E-state index contributed by atoms with van der Waals surface area (Å²) >= 11 is 1.21. The molecule has 0 aliphatic carbocycles. The second-order valence-corrected chi connectivity index (χ2v) is 8.86. The SMILES string of the molecule is CC(=N)c1ccc(CN2C(=O)C(Cc3ccc(C(=O)O)cc3)Sc3c(F)cccc32)cc1. The van der Waals surface area contributed by atoms with E-state index < -0.39 is 11.2 Å². The summed E-state index contributed by atoms with van der Waals surface area (Å²) in [7, 11) is 0. The van der Waals surface area contributed by atoms with Crippen LogP contribution in [0.1, 0.15) is 34.0 Å². The number of carbonyl (C=O) groups is 2. The number of aromatic carboxylic acids is 1. The monoisotopic (exact) mass is 448 g/mol. The van der Waals surface area contributed by atoms with Gasteiger partial charge in [-0.3, -0.25) is 4.79 Å². The molecule has 7 heteroatoms. The van der Waals surface area contributed by atoms with Gasteiger partial charge in [-0.2, -0.15) is 0 Å². The smallest absolute Gasteiger partial charge is 0.335 e. The molecule has 3 aromatic rings. The highest BCUT2D eigenvalue weighted by Crippen LogP contribution is 2.42. The van der Waals surface area contributed by atoms with Crippen LogP contribution in [-0.4, -0.2) is 27.9 Å². The molecule has 1 atom stereocenters. The van der Waals surface area contributed by atoms with Gasteiger partial charge in [-0.25, -0.2) is 9.18 Å². The van der Waals surface area contributed by atoms with Crippen molar-refractivity contribution < 1.29 is 19.1 Å². The minimum atomic E-state index is -1.01. The van der Waals surface area contributed by atoms with Crippen LogP contribution < -0.4 is 4.90 Å². The molecule has 0 fully saturated rings. The molecule has 1 unspecified atom stereocenters. The summed E-state index contributed by atoms with van der Waals surface area (Å²) in [6, 6.07) is 18.6. The number of nitrogens with one attached hydrogen (secondary N) is 1. The van der Waals surface area contributed by atoms with Gasteiger partial charge in [0.25, 0.3) is 0 Å². The van der Waals surface area contributed by atoms with E-state index in [1.807, 2.05) is 24.3 Å². The minimum absolute atomic E-state index is 0.122. The standard InChI is InChI=1S/C25H21FN2O3S/c1-15(27)18-9-7-17(8-10-18)14-28-21-4-2-3-20(26)23(21)32-22(24(28)29)13-16-5-11-19(12-6-16)25(30)31/h2-12,22,27H,13-14H2,1H3,(H,30,31). The lowest BCUT2D eigenvalue weighted by Gasteiger charge is -2.34. The second-order valence-electron chi connectivity index (χ2n) is 7.65. The number of carbonyl (C=O) groups excluding carboxylic acids is 1. The van der Waals surface area contributed by atoms with Crippen molar-refractivity contribution >= 4 is 35.0 Å². The molecule has 1 aliphatic heterocycles. The van der Waals surface area contributed by atoms with E-state index in [-0.39, 0.29) is 17.3 Å². The van der Waals surface area contributed by atoms with Crippen LogP contribution in [-0.2, 0) is 17.8 Å². The van der Waals surface area contributed by atoms with Gasteiger partial charge in [0.05, 0.1) is 27.9 Å². The maximum atomic E-state index is 14.7. The number of hydrogen-bond donors (Lipinski definition) is 2. The summed E-state index contributed by atoms with van der Waals surface area (Å²) in [4.78, 5) is 26.5. The third-order valence-electron chi connectivity index (χ3n) is 5.39. The Morgan fingerprint density at radius 3 is 2.28 bits per heavy atom. The predicted octanol–water partition coefficient (Wildman–Crippen LogP) is 5.16. The van der Waals surface area contributed by atoms with Crippen LogP contribution in [0.5, 0.6) is 0 Å². The van der Waals surface area contributed by atoms with Crippen molar-refractivity contribution in [2.45, 2.75) is 30.0 Å². The molecule has 1 amide bonds. The Balaban J connectivity index is 1.63. The van der Waals surface area contributed by atoms with Crippen molar-refractivity contribution in [1.29, 1.82) is 5.41 Å². The van der Waals surface area contributed by atoms with Crippen molar-refractivity contribution in [2.75, 3.05) is 4.90 Å². The van der Waals surface area contributed by atoms with Crippen molar-refractivity contribution in [3.8, 4) is 0 Å². The van der Waals surface area contributed by atoms with E-state index >= 15 is 0 Å². The van der Waals surface area contributed by atoms with Gasteiger partial charge in [0.2, 0.25) is 5.91 Å². The van der Waals surface area contributed by atoms with Crippen LogP contribution in [0.15, 0.2) is 71.6 Å². The number of thioether (sulfide) groups is 1. The van der Waals surface area contributed by atoms with E-state index in [9.17, 15) is 14.0 Å². The number of anilines is 1. The lowest BCUT2D eigenvalue weighted by atomic mass is 10.0. The molecule has 0 radical (unpaired) electrons. The molecule has 0 saturated heterocycles. The summed E-state index contributed by atoms with van der Waals surface area (Å²) in [6.45, 7) is 2.01. The Kier molecular flexibility index (Phi) is 6.10. The Morgan fingerprint density at radius 1 is 1.03 bits per heavy atom. The number of fused-ring (bicyclic) bond motifs is 1. The molecule has 4 rings (SSSR count). The number of rotatable bonds is 6. The Morgan fingerprint density at radius 2 is 1.66 bits per heavy atom. The lowest BCUT2D eigenvalue weighted by Crippen LogP contribution is -2.41. The van der Waals surface area contributed by atoms with Crippen LogP contribution in [0.4, 0.5) is 10.1 Å². The van der Waals surface area contributed by atoms with Gasteiger partial charge in [0.1, 0.15) is 5.82 Å². The average molecular weight is 449 g/mol. The third-order valence-corrected chi connectivity index (χ3v) is 6.68. The molecule has 0 bridgehead atoms. The zero-order valence-corrected chi connectivity index (χ0v) is 18.2. The van der Waals surface area contributed by atoms with Gasteiger partial charge < -0.3 is 15.4 Å². The lowest BCUT2D eigenvalue weighted by molar-refractivity contribution is -0.118. The van der Waals surface area contributed by atoms with Gasteiger partial charge in [-0.1, -0.05) is 42.5 Å². The minimum Gasteiger partial charge on any atom is -0.478 e. The molecule has 1 heterocycles. The second kappa shape index (κ2) is 8.96. The average Bonchev–Trinajstić information content (AvgIpc) is 2.78. The molecular weight excluding hydrogens is 427 g/mol. The van der Waals surface area contributed by atoms with E-state index in [1.165, 1.54) is 30.0 Å². The van der Waals surface area contributed by atoms with E-state index in [1.54, 1.807) is 36.1 Å². The number of halogens is 1. The maximum absolute atomic E-state index is 14.7. The molecule has 32 heavy (non-hydrogen) atoms. The first-order chi connectivity index (χ1) is 15.3. The molecule has 3 aromatic carbocycles. The van der Waals surface area contributed by atoms with E-state index in [4.69, 9.17) is 10.5 Å². The maximum Gasteiger partial charge on any atom is 0.335 e. The summed E-state index contributed by atoms with van der Waals surface area (Å²) in [5.41, 5.74) is 3.69. The number of hydrogen-bond acceptors (Lipinski definition) is 4. The van der Waals surface area contributed by atoms with Crippen molar-refractivity contribution in [3.05, 3.63) is 94.8 Å². The van der Waals surface area contributed by atoms with Gasteiger partial charge in [-0.05, 0) is 54.3 Å². The molecule has 5 nitrogen and oxygen atoms in total. The van der Waals surface area contributed by atoms with Crippen LogP contribution in [0, 0.1) is 11.2 Å². The molecule has 0 saturated carbocycles. The number of nitrogens with zero attached hydrogens (tertiary/aromatic N) is 1. The number of carboxylic acids is 1. The van der Waals surface area contributed by atoms with Crippen molar-refractivity contribution in [1.82, 2.24) is 0 Å². The molecule has 2 N–H and O–H groups in total. The summed E-state index contributed by atoms with van der Waals surface area (Å²) in [6.07, 6.45) is 0.361. The van der Waals surface area contributed by atoms with E-state index in [2.05, 4.69) is 0 Å². The highest BCUT2D eigenvalue weighted by atomic mass is 32.2. The van der Waals surface area contributed by atoms with E-state index in [0.29, 0.717) is 29.3 Å². The van der Waals surface area contributed by atoms with Crippen LogP contribution in [0.3, 0.4) is 0 Å².